The first kappa shape index (κ1) is 26.5. The highest BCUT2D eigenvalue weighted by atomic mass is 33.1. The molecule has 0 bridgehead atoms. The molecule has 0 spiro atoms. The molecule has 0 aliphatic heterocycles. The summed E-state index contributed by atoms with van der Waals surface area (Å²) in [5.74, 6) is 1.05. The Bertz CT molecular complexity index is 495. The van der Waals surface area contributed by atoms with E-state index in [4.69, 9.17) is 4.74 Å². The van der Waals surface area contributed by atoms with Gasteiger partial charge in [-0.2, -0.15) is 0 Å². The Hall–Kier alpha value is -0.490. The third kappa shape index (κ3) is 12.1. The number of ketones is 2. The Morgan fingerprint density at radius 1 is 1.00 bits per heavy atom. The molecule has 6 heteroatoms. The van der Waals surface area contributed by atoms with Gasteiger partial charge in [-0.05, 0) is 37.5 Å². The Kier molecular flexibility index (Phi) is 14.0. The van der Waals surface area contributed by atoms with Gasteiger partial charge in [0.25, 0.3) is 0 Å². The lowest BCUT2D eigenvalue weighted by Gasteiger charge is -2.33. The van der Waals surface area contributed by atoms with Gasteiger partial charge in [-0.3, -0.25) is 14.4 Å². The molecule has 4 nitrogen and oxygen atoms in total. The number of carbonyl (C=O) groups is 3. The first-order valence-corrected chi connectivity index (χ1v) is 13.8. The maximum atomic E-state index is 12.2. The van der Waals surface area contributed by atoms with Crippen LogP contribution in [0.4, 0.5) is 0 Å². The van der Waals surface area contributed by atoms with E-state index in [9.17, 15) is 14.4 Å². The maximum absolute atomic E-state index is 12.2. The van der Waals surface area contributed by atoms with Crippen LogP contribution in [-0.4, -0.2) is 35.6 Å². The predicted octanol–water partition coefficient (Wildman–Crippen LogP) is 6.41. The van der Waals surface area contributed by atoms with Gasteiger partial charge in [0.2, 0.25) is 0 Å². The fourth-order valence-corrected chi connectivity index (χ4v) is 5.83. The van der Waals surface area contributed by atoms with Crippen LogP contribution >= 0.6 is 21.6 Å². The molecule has 0 N–H and O–H groups in total. The second-order valence-corrected chi connectivity index (χ2v) is 11.2. The number of rotatable bonds is 16. The van der Waals surface area contributed by atoms with E-state index < -0.39 is 0 Å². The summed E-state index contributed by atoms with van der Waals surface area (Å²) in [6.07, 6.45) is 11.5. The van der Waals surface area contributed by atoms with E-state index in [1.54, 1.807) is 0 Å². The van der Waals surface area contributed by atoms with Crippen molar-refractivity contribution in [2.75, 3.05) is 18.1 Å². The molecule has 0 atom stereocenters. The zero-order valence-corrected chi connectivity index (χ0v) is 20.3. The molecule has 0 unspecified atom stereocenters. The molecule has 0 aromatic heterocycles. The molecule has 1 fully saturated rings. The summed E-state index contributed by atoms with van der Waals surface area (Å²) in [4.78, 5) is 36.2. The van der Waals surface area contributed by atoms with Crippen LogP contribution < -0.4 is 0 Å². The Morgan fingerprint density at radius 2 is 1.66 bits per heavy atom. The smallest absolute Gasteiger partial charge is 0.305 e. The zero-order chi connectivity index (χ0) is 21.5. The molecular formula is C23H40O4S2. The summed E-state index contributed by atoms with van der Waals surface area (Å²) in [5, 5.41) is 0. The van der Waals surface area contributed by atoms with Crippen LogP contribution in [0.3, 0.4) is 0 Å². The molecule has 1 aliphatic carbocycles. The number of hydrogen-bond donors (Lipinski definition) is 0. The number of carbonyl (C=O) groups excluding carboxylic acids is 3. The molecule has 0 saturated heterocycles. The van der Waals surface area contributed by atoms with E-state index in [-0.39, 0.29) is 29.9 Å². The first-order chi connectivity index (χ1) is 13.9. The Balaban J connectivity index is 2.07. The number of esters is 1. The van der Waals surface area contributed by atoms with Crippen molar-refractivity contribution in [2.24, 2.45) is 11.3 Å². The van der Waals surface area contributed by atoms with Gasteiger partial charge >= 0.3 is 5.97 Å². The lowest BCUT2D eigenvalue weighted by molar-refractivity contribution is -0.143. The van der Waals surface area contributed by atoms with Gasteiger partial charge in [0, 0.05) is 18.1 Å². The molecule has 1 saturated carbocycles. The summed E-state index contributed by atoms with van der Waals surface area (Å²) >= 11 is 0. The lowest BCUT2D eigenvalue weighted by atomic mass is 9.73. The van der Waals surface area contributed by atoms with Crippen molar-refractivity contribution in [3.8, 4) is 0 Å². The quantitative estimate of drug-likeness (QED) is 0.119. The minimum absolute atomic E-state index is 0.00225. The van der Waals surface area contributed by atoms with E-state index >= 15 is 0 Å². The molecule has 168 valence electrons. The normalized spacial score (nSPS) is 16.0. The third-order valence-electron chi connectivity index (χ3n) is 5.83. The maximum Gasteiger partial charge on any atom is 0.305 e. The van der Waals surface area contributed by atoms with Crippen LogP contribution in [-0.2, 0) is 19.1 Å². The van der Waals surface area contributed by atoms with Crippen molar-refractivity contribution < 1.29 is 19.1 Å². The topological polar surface area (TPSA) is 60.4 Å². The highest BCUT2D eigenvalue weighted by Gasteiger charge is 2.27. The van der Waals surface area contributed by atoms with Gasteiger partial charge in [-0.25, -0.2) is 0 Å². The molecule has 0 aromatic carbocycles. The fourth-order valence-electron chi connectivity index (χ4n) is 4.04. The third-order valence-corrected chi connectivity index (χ3v) is 8.12. The second kappa shape index (κ2) is 15.3. The Morgan fingerprint density at radius 3 is 2.28 bits per heavy atom. The monoisotopic (exact) mass is 444 g/mol. The molecule has 0 radical (unpaired) electrons. The molecule has 1 rings (SSSR count). The van der Waals surface area contributed by atoms with E-state index in [1.807, 2.05) is 0 Å². The lowest BCUT2D eigenvalue weighted by Crippen LogP contribution is -2.22. The van der Waals surface area contributed by atoms with Gasteiger partial charge in [0.05, 0.1) is 12.2 Å². The van der Waals surface area contributed by atoms with Crippen LogP contribution in [0, 0.1) is 11.3 Å². The second-order valence-electron chi connectivity index (χ2n) is 8.63. The van der Waals surface area contributed by atoms with Gasteiger partial charge in [-0.15, -0.1) is 0 Å². The average Bonchev–Trinajstić information content (AvgIpc) is 2.69. The minimum atomic E-state index is -0.109. The van der Waals surface area contributed by atoms with Crippen molar-refractivity contribution in [1.29, 1.82) is 0 Å². The van der Waals surface area contributed by atoms with Crippen molar-refractivity contribution in [3.05, 3.63) is 0 Å². The molecule has 0 heterocycles. The Labute approximate surface area is 185 Å². The van der Waals surface area contributed by atoms with Crippen molar-refractivity contribution in [2.45, 2.75) is 97.8 Å². The zero-order valence-electron chi connectivity index (χ0n) is 18.6. The van der Waals surface area contributed by atoms with E-state index in [0.29, 0.717) is 29.9 Å². The molecular weight excluding hydrogens is 404 g/mol. The van der Waals surface area contributed by atoms with Crippen LogP contribution in [0.2, 0.25) is 0 Å². The predicted molar refractivity (Wildman–Crippen MR) is 124 cm³/mol. The average molecular weight is 445 g/mol. The number of Topliss-reactive ketones (excluding diaryl/α,β-unsaturated/α-hetero) is 2. The summed E-state index contributed by atoms with van der Waals surface area (Å²) < 4.78 is 5.32. The molecule has 1 aliphatic rings. The number of hydrogen-bond acceptors (Lipinski definition) is 6. The van der Waals surface area contributed by atoms with E-state index in [2.05, 4.69) is 20.8 Å². The molecule has 29 heavy (non-hydrogen) atoms. The van der Waals surface area contributed by atoms with E-state index in [0.717, 1.165) is 32.1 Å². The highest BCUT2D eigenvalue weighted by molar-refractivity contribution is 8.76. The van der Waals surface area contributed by atoms with Gasteiger partial charge in [-0.1, -0.05) is 74.5 Å². The number of ether oxygens (including phenoxy) is 1. The SMILES string of the molecule is CCCC(CCC)C(=O)CC(=O)CSSCCOC(=O)CCC1(C)CCCCC1. The minimum Gasteiger partial charge on any atom is -0.465 e. The fraction of sp³-hybridized carbons (Fsp3) is 0.870. The van der Waals surface area contributed by atoms with Crippen LogP contribution in [0.15, 0.2) is 0 Å². The van der Waals surface area contributed by atoms with Crippen molar-refractivity contribution >= 4 is 39.1 Å². The van der Waals surface area contributed by atoms with Crippen LogP contribution in [0.5, 0.6) is 0 Å². The first-order valence-electron chi connectivity index (χ1n) is 11.3. The van der Waals surface area contributed by atoms with E-state index in [1.165, 1.54) is 53.7 Å². The summed E-state index contributed by atoms with van der Waals surface area (Å²) in [5.41, 5.74) is 0.312. The van der Waals surface area contributed by atoms with Crippen LogP contribution in [0.1, 0.15) is 97.8 Å². The van der Waals surface area contributed by atoms with Gasteiger partial charge < -0.3 is 4.74 Å². The highest BCUT2D eigenvalue weighted by Crippen LogP contribution is 2.39. The van der Waals surface area contributed by atoms with Gasteiger partial charge in [0.1, 0.15) is 12.4 Å². The largest absolute Gasteiger partial charge is 0.465 e. The standard InChI is InChI=1S/C23H40O4S2/c1-4-9-19(10-5-2)21(25)17-20(24)18-29-28-16-15-27-22(26)11-14-23(3)12-7-6-8-13-23/h19H,4-18H2,1-3H3. The summed E-state index contributed by atoms with van der Waals surface area (Å²) in [7, 11) is 2.98. The van der Waals surface area contributed by atoms with Gasteiger partial charge in [0.15, 0.2) is 5.78 Å². The molecule has 0 aromatic rings. The van der Waals surface area contributed by atoms with Crippen molar-refractivity contribution in [3.63, 3.8) is 0 Å². The molecule has 0 amide bonds. The summed E-state index contributed by atoms with van der Waals surface area (Å²) in [6.45, 7) is 6.83. The summed E-state index contributed by atoms with van der Waals surface area (Å²) in [6, 6.07) is 0. The van der Waals surface area contributed by atoms with Crippen LogP contribution in [0.25, 0.3) is 0 Å². The van der Waals surface area contributed by atoms with Crippen molar-refractivity contribution in [1.82, 2.24) is 0 Å².